The first-order chi connectivity index (χ1) is 53.6. The fourth-order valence-electron chi connectivity index (χ4n) is 13.9. The van der Waals surface area contributed by atoms with Crippen molar-refractivity contribution in [2.45, 2.75) is 141 Å². The van der Waals surface area contributed by atoms with Crippen molar-refractivity contribution in [2.75, 3.05) is 27.1 Å². The number of benzene rings is 4. The number of methoxy groups -OCH3 is 1. The zero-order chi connectivity index (χ0) is 83.5. The number of nitrogens with zero attached hydrogens (tertiary/aromatic N) is 9. The molecule has 0 radical (unpaired) electrons. The molecule has 3 aliphatic carbocycles. The van der Waals surface area contributed by atoms with Gasteiger partial charge in [0.2, 0.25) is 0 Å². The normalized spacial score (nSPS) is 24.5. The monoisotopic (exact) mass is 1750 g/mol. The molecule has 3 fully saturated rings. The SMILES string of the molecule is COC(=O)[C@]12C[C@H]1[C@@](C)(c1cc(/C=C(\F)c3ccc(Cl)cn3)ccc1F)N=C(N(COCC[Si](C)(C)C)C(=O)OC(C)(C)C)S2.C[C@]1(c2cc(/C=C(\F)c3ccc(Cl)cn3)ccc2F)N=C(N)S[C@@]2(CC#N)C[C@H]21.Cc1ccc(S(=O)(=O)OC[C@]23C[C@H]2[C@@](C)(c2cc(/C=C(\F)c4ccc(Cl)cn4)ccc2F)N=C(N)S3)cc1.[C-]#N.[K+]. The van der Waals surface area contributed by atoms with Crippen LogP contribution in [0, 0.1) is 65.3 Å². The van der Waals surface area contributed by atoms with Crippen LogP contribution in [0.2, 0.25) is 40.8 Å². The van der Waals surface area contributed by atoms with Crippen LogP contribution in [-0.4, -0.2) is 111 Å². The number of carbonyl (C=O) groups excluding carboxylic acids is 2. The van der Waals surface area contributed by atoms with Crippen LogP contribution in [-0.2, 0) is 49.9 Å². The Morgan fingerprint density at radius 2 is 1.07 bits per heavy atom. The van der Waals surface area contributed by atoms with Gasteiger partial charge in [0.15, 0.2) is 15.5 Å². The minimum atomic E-state index is -4.00. The third-order valence-corrected chi connectivity index (χ3v) is 27.7. The minimum Gasteiger partial charge on any atom is -0.512 e. The maximum absolute atomic E-state index is 15.7. The van der Waals surface area contributed by atoms with Gasteiger partial charge in [0.05, 0.1) is 84.6 Å². The fourth-order valence-corrected chi connectivity index (χ4v) is 20.4. The summed E-state index contributed by atoms with van der Waals surface area (Å²) in [4.78, 5) is 54.1. The first kappa shape index (κ1) is 92.0. The number of aliphatic imine (C=N–C) groups is 3. The molecule has 0 bridgehead atoms. The van der Waals surface area contributed by atoms with Gasteiger partial charge in [0, 0.05) is 72.5 Å². The van der Waals surface area contributed by atoms with Gasteiger partial charge in [-0.25, -0.2) is 36.0 Å². The van der Waals surface area contributed by atoms with Crippen molar-refractivity contribution in [2.24, 2.45) is 44.2 Å². The summed E-state index contributed by atoms with van der Waals surface area (Å²) in [6.45, 7) is 23.9. The molecular formula is C81H81Cl3F6KN11O8S4Si. The molecule has 3 aliphatic heterocycles. The molecule has 19 nitrogen and oxygen atoms in total. The number of esters is 1. The summed E-state index contributed by atoms with van der Waals surface area (Å²) >= 11 is 21.2. The van der Waals surface area contributed by atoms with Gasteiger partial charge in [-0.1, -0.05) is 126 Å². The number of thioether (sulfide) groups is 3. The van der Waals surface area contributed by atoms with Crippen LogP contribution in [0.1, 0.15) is 123 Å². The smallest absolute Gasteiger partial charge is 0.512 e. The van der Waals surface area contributed by atoms with Crippen molar-refractivity contribution in [3.63, 3.8) is 0 Å². The third-order valence-electron chi connectivity index (χ3n) is 20.0. The second kappa shape index (κ2) is 36.8. The van der Waals surface area contributed by atoms with E-state index >= 15 is 13.2 Å². The van der Waals surface area contributed by atoms with Crippen molar-refractivity contribution in [3.8, 4) is 6.07 Å². The van der Waals surface area contributed by atoms with Gasteiger partial charge >= 0.3 is 63.4 Å². The van der Waals surface area contributed by atoms with E-state index in [1.165, 1.54) is 163 Å². The largest absolute Gasteiger partial charge is 1.00 e. The Bertz CT molecular complexity index is 5220. The number of rotatable bonds is 20. The average Bonchev–Trinajstić information content (AvgIpc) is 1.54. The predicted octanol–water partition coefficient (Wildman–Crippen LogP) is 16.6. The summed E-state index contributed by atoms with van der Waals surface area (Å²) in [6, 6.07) is 31.2. The number of halogens is 9. The molecule has 7 aromatic rings. The Morgan fingerprint density at radius 3 is 1.47 bits per heavy atom. The molecule has 0 unspecified atom stereocenters. The first-order valence-corrected chi connectivity index (χ1v) is 44.2. The molecule has 4 aromatic carbocycles. The van der Waals surface area contributed by atoms with E-state index in [-0.39, 0.29) is 125 Å². The van der Waals surface area contributed by atoms with Crippen LogP contribution >= 0.6 is 70.1 Å². The number of nitriles is 1. The molecule has 6 aliphatic rings. The maximum atomic E-state index is 15.7. The summed E-state index contributed by atoms with van der Waals surface area (Å²) in [5, 5.41) is 17.3. The maximum Gasteiger partial charge on any atom is 1.00 e. The Hall–Kier alpha value is -6.90. The Morgan fingerprint density at radius 1 is 0.652 bits per heavy atom. The Kier molecular flexibility index (Phi) is 29.4. The average molecular weight is 1750 g/mol. The van der Waals surface area contributed by atoms with Gasteiger partial charge in [-0.2, -0.15) is 13.7 Å². The van der Waals surface area contributed by atoms with Crippen LogP contribution < -0.4 is 62.9 Å². The zero-order valence-corrected chi connectivity index (χ0v) is 74.5. The summed E-state index contributed by atoms with van der Waals surface area (Å²) in [7, 11) is -4.13. The number of fused-ring (bicyclic) bond motifs is 3. The van der Waals surface area contributed by atoms with Crippen LogP contribution in [0.15, 0.2) is 154 Å². The van der Waals surface area contributed by atoms with Gasteiger partial charge in [-0.15, -0.1) is 0 Å². The number of nitrogens with two attached hydrogens (primary N) is 2. The summed E-state index contributed by atoms with van der Waals surface area (Å²) in [6.07, 6.45) is 9.02. The van der Waals surface area contributed by atoms with E-state index in [1.54, 1.807) is 58.9 Å². The van der Waals surface area contributed by atoms with E-state index < -0.39 is 103 Å². The standard InChI is InChI=1S/C32H40ClF2N3O5SSi.C27H24ClF2N3O3S2.C21H17ClF2N4S.CN.K/c1-30(2,3)43-29(40)38(19-42-13-14-45(6,7)8)28-37-31(4,26-17-32(26,44-28)27(39)41-5)22-15-20(9-11-23(22)34)16-24(35)25-12-10-21(33)18-36-25;1-16-3-7-19(8-4-16)38(34,35)36-15-27-13-24(27)26(2,33-25(31)37-27)20-11-17(5-9-21(20)29)12-22(30)23-10-6-18(28)14-32-23;1-20(18-10-21(18,6-7-25)29-19(26)28-20)14-8-12(2-4-15(14)23)9-16(24)17-5-3-13(22)11-27-17;1-2;/h9-12,15-16,18,26H,13-14,17,19H2,1-8H3;3-12,14,24H,13,15H2,1-2H3,(H2,31,33);2-5,8-9,11,18H,6,10H2,1H3,(H2,26,28);;/q;;;-1;+1/b24-16-;22-12-;16-9-;;/t26-,31+,32-;24-,26+,27+;18-,20+,21-;;/m000../s1. The minimum absolute atomic E-state index is 0. The molecule has 34 heteroatoms. The number of amidine groups is 3. The number of amides is 1. The number of aryl methyl sites for hydroxylation is 1. The molecule has 6 heterocycles. The van der Waals surface area contributed by atoms with Crippen molar-refractivity contribution in [1.82, 2.24) is 19.9 Å². The van der Waals surface area contributed by atoms with E-state index in [0.717, 1.165) is 29.8 Å². The number of hydrogen-bond acceptors (Lipinski definition) is 21. The Balaban J connectivity index is 0.000000198. The van der Waals surface area contributed by atoms with Crippen LogP contribution in [0.4, 0.5) is 31.1 Å². The number of carbonyl (C=O) groups is 2. The van der Waals surface area contributed by atoms with Crippen molar-refractivity contribution in [1.29, 1.82) is 10.5 Å². The predicted molar refractivity (Wildman–Crippen MR) is 440 cm³/mol. The van der Waals surface area contributed by atoms with Crippen molar-refractivity contribution in [3.05, 3.63) is 229 Å². The number of aromatic nitrogens is 3. The molecule has 0 spiro atoms. The fraction of sp³-hybridized carbons (Fsp3) is 0.358. The van der Waals surface area contributed by atoms with E-state index in [2.05, 4.69) is 50.6 Å². The van der Waals surface area contributed by atoms with Crippen molar-refractivity contribution < 1.29 is 114 Å². The van der Waals surface area contributed by atoms with Gasteiger partial charge in [0.1, 0.15) is 52.0 Å². The molecule has 1 amide bonds. The molecule has 3 aromatic heterocycles. The molecular weight excluding hydrogens is 1670 g/mol. The number of ether oxygens (including phenoxy) is 3. The van der Waals surface area contributed by atoms with E-state index in [9.17, 15) is 36.4 Å². The molecule has 13 rings (SSSR count). The molecule has 0 saturated heterocycles. The van der Waals surface area contributed by atoms with Gasteiger partial charge in [0.25, 0.3) is 10.1 Å². The third kappa shape index (κ3) is 21.4. The van der Waals surface area contributed by atoms with E-state index in [4.69, 9.17) is 81.5 Å². The quantitative estimate of drug-likeness (QED) is 0.0136. The molecule has 600 valence electrons. The van der Waals surface area contributed by atoms with Gasteiger partial charge in [-0.05, 0) is 194 Å². The topological polar surface area (TPSA) is 284 Å². The molecule has 115 heavy (non-hydrogen) atoms. The second-order valence-electron chi connectivity index (χ2n) is 30.7. The zero-order valence-electron chi connectivity index (χ0n) is 64.8. The Labute approximate surface area is 736 Å². The van der Waals surface area contributed by atoms with Crippen LogP contribution in [0.3, 0.4) is 0 Å². The molecule has 3 saturated carbocycles. The summed E-state index contributed by atoms with van der Waals surface area (Å²) in [5.41, 5.74) is 11.2. The summed E-state index contributed by atoms with van der Waals surface area (Å²) in [5.74, 6) is -4.58. The number of hydrogen-bond donors (Lipinski definition) is 2. The molecule has 9 atom stereocenters. The van der Waals surface area contributed by atoms with E-state index in [1.807, 2.05) is 13.8 Å². The second-order valence-corrected chi connectivity index (χ2v) is 43.4. The van der Waals surface area contributed by atoms with Gasteiger partial charge in [-0.3, -0.25) is 38.9 Å². The summed E-state index contributed by atoms with van der Waals surface area (Å²) < 4.78 is 136. The van der Waals surface area contributed by atoms with Crippen molar-refractivity contribution >= 4 is 152 Å². The van der Waals surface area contributed by atoms with E-state index in [0.29, 0.717) is 68.4 Å². The first-order valence-electron chi connectivity index (χ1n) is 35.5. The number of pyridine rings is 3. The van der Waals surface area contributed by atoms with Gasteiger partial charge < -0.3 is 37.5 Å². The van der Waals surface area contributed by atoms with Crippen LogP contribution in [0.25, 0.3) is 35.7 Å². The molecule has 4 N–H and O–H groups in total. The van der Waals surface area contributed by atoms with Crippen LogP contribution in [0.5, 0.6) is 0 Å².